The molecule has 7 nitrogen and oxygen atoms in total. The molecule has 1 saturated carbocycles. The lowest BCUT2D eigenvalue weighted by atomic mass is 10.1. The van der Waals surface area contributed by atoms with Crippen LogP contribution in [0.15, 0.2) is 23.4 Å². The van der Waals surface area contributed by atoms with E-state index >= 15 is 0 Å². The van der Waals surface area contributed by atoms with Gasteiger partial charge in [0.2, 0.25) is 11.8 Å². The number of hydrogen-bond acceptors (Lipinski definition) is 5. The molecule has 0 spiro atoms. The molecule has 1 unspecified atom stereocenters. The van der Waals surface area contributed by atoms with Crippen molar-refractivity contribution in [3.63, 3.8) is 0 Å². The number of carbonyl (C=O) groups is 2. The van der Waals surface area contributed by atoms with Crippen LogP contribution in [0.3, 0.4) is 0 Å². The van der Waals surface area contributed by atoms with Crippen LogP contribution in [0.1, 0.15) is 49.2 Å². The van der Waals surface area contributed by atoms with E-state index in [-0.39, 0.29) is 23.5 Å². The quantitative estimate of drug-likeness (QED) is 0.678. The molecule has 0 bridgehead atoms. The summed E-state index contributed by atoms with van der Waals surface area (Å²) in [5.74, 6) is 0.346. The Hall–Kier alpha value is -2.35. The molecule has 0 aliphatic heterocycles. The number of carbonyl (C=O) groups excluding carboxylic acids is 2. The first-order valence-corrected chi connectivity index (χ1v) is 10.0. The van der Waals surface area contributed by atoms with Crippen LogP contribution in [0.5, 0.6) is 0 Å². The lowest BCUT2D eigenvalue weighted by Gasteiger charge is -2.16. The fourth-order valence-electron chi connectivity index (χ4n) is 2.94. The largest absolute Gasteiger partial charge is 0.370 e. The first-order valence-electron chi connectivity index (χ1n) is 9.12. The second-order valence-electron chi connectivity index (χ2n) is 6.98. The highest BCUT2D eigenvalue weighted by molar-refractivity contribution is 8.00. The van der Waals surface area contributed by atoms with E-state index in [4.69, 9.17) is 5.73 Å². The number of nitrogens with zero attached hydrogens (tertiary/aromatic N) is 3. The van der Waals surface area contributed by atoms with Crippen molar-refractivity contribution in [2.45, 2.75) is 62.9 Å². The van der Waals surface area contributed by atoms with Gasteiger partial charge in [-0.1, -0.05) is 30.0 Å². The van der Waals surface area contributed by atoms with Crippen LogP contribution in [0.2, 0.25) is 0 Å². The Bertz CT molecular complexity index is 840. The van der Waals surface area contributed by atoms with E-state index in [1.54, 1.807) is 0 Å². The topological polar surface area (TPSA) is 103 Å². The van der Waals surface area contributed by atoms with Crippen molar-refractivity contribution in [1.82, 2.24) is 14.8 Å². The van der Waals surface area contributed by atoms with Crippen LogP contribution in [-0.4, -0.2) is 31.8 Å². The number of hydrogen-bond donors (Lipinski definition) is 2. The highest BCUT2D eigenvalue weighted by Crippen LogP contribution is 2.39. The molecule has 1 atom stereocenters. The Morgan fingerprint density at radius 3 is 2.56 bits per heavy atom. The van der Waals surface area contributed by atoms with E-state index in [9.17, 15) is 9.59 Å². The molecule has 144 valence electrons. The molecule has 3 N–H and O–H groups in total. The number of thioether (sulfide) groups is 1. The number of nitrogens with one attached hydrogen (secondary N) is 1. The number of rotatable bonds is 8. The van der Waals surface area contributed by atoms with E-state index in [2.05, 4.69) is 20.1 Å². The van der Waals surface area contributed by atoms with E-state index in [0.717, 1.165) is 40.6 Å². The van der Waals surface area contributed by atoms with Crippen LogP contribution in [-0.2, 0) is 16.0 Å². The second-order valence-corrected chi connectivity index (χ2v) is 8.29. The highest BCUT2D eigenvalue weighted by atomic mass is 32.2. The maximum atomic E-state index is 12.7. The van der Waals surface area contributed by atoms with Gasteiger partial charge >= 0.3 is 0 Å². The summed E-state index contributed by atoms with van der Waals surface area (Å²) in [4.78, 5) is 23.8. The number of amides is 2. The van der Waals surface area contributed by atoms with Crippen molar-refractivity contribution in [2.24, 2.45) is 5.73 Å². The Morgan fingerprint density at radius 2 is 1.96 bits per heavy atom. The standard InChI is InChI=1S/C19H25N5O2S/c1-11-5-4-6-12(2)17(11)21-18(26)13(3)27-19-23-22-16(10-9-15(20)25)24(19)14-7-8-14/h4-6,13-14H,7-10H2,1-3H3,(H2,20,25)(H,21,26). The lowest BCUT2D eigenvalue weighted by molar-refractivity contribution is -0.118. The fraction of sp³-hybridized carbons (Fsp3) is 0.474. The minimum atomic E-state index is -0.351. The summed E-state index contributed by atoms with van der Waals surface area (Å²) in [6.07, 6.45) is 2.86. The van der Waals surface area contributed by atoms with Crippen LogP contribution >= 0.6 is 11.8 Å². The predicted molar refractivity (Wildman–Crippen MR) is 106 cm³/mol. The molecule has 8 heteroatoms. The number of nitrogens with two attached hydrogens (primary N) is 1. The maximum Gasteiger partial charge on any atom is 0.237 e. The van der Waals surface area contributed by atoms with Gasteiger partial charge in [0.15, 0.2) is 5.16 Å². The molecule has 3 rings (SSSR count). The summed E-state index contributed by atoms with van der Waals surface area (Å²) in [7, 11) is 0. The molecule has 0 saturated heterocycles. The molecular formula is C19H25N5O2S. The predicted octanol–water partition coefficient (Wildman–Crippen LogP) is 2.77. The average molecular weight is 388 g/mol. The summed E-state index contributed by atoms with van der Waals surface area (Å²) >= 11 is 1.39. The van der Waals surface area contributed by atoms with Crippen LogP contribution in [0.25, 0.3) is 0 Å². The molecule has 2 aromatic rings. The van der Waals surface area contributed by atoms with Gasteiger partial charge in [-0.2, -0.15) is 0 Å². The van der Waals surface area contributed by atoms with Crippen molar-refractivity contribution < 1.29 is 9.59 Å². The van der Waals surface area contributed by atoms with Crippen molar-refractivity contribution in [1.29, 1.82) is 0 Å². The second kappa shape index (κ2) is 8.12. The van der Waals surface area contributed by atoms with E-state index in [0.29, 0.717) is 12.5 Å². The molecule has 1 aromatic heterocycles. The van der Waals surface area contributed by atoms with E-state index in [1.165, 1.54) is 11.8 Å². The first kappa shape index (κ1) is 19.4. The number of primary amides is 1. The van der Waals surface area contributed by atoms with Gasteiger partial charge in [-0.3, -0.25) is 9.59 Å². The molecule has 2 amide bonds. The zero-order chi connectivity index (χ0) is 19.6. The molecule has 1 aliphatic carbocycles. The monoisotopic (exact) mass is 387 g/mol. The van der Waals surface area contributed by atoms with Crippen LogP contribution in [0.4, 0.5) is 5.69 Å². The lowest BCUT2D eigenvalue weighted by Crippen LogP contribution is -2.24. The summed E-state index contributed by atoms with van der Waals surface area (Å²) < 4.78 is 2.07. The molecule has 1 heterocycles. The molecule has 27 heavy (non-hydrogen) atoms. The zero-order valence-electron chi connectivity index (χ0n) is 15.9. The van der Waals surface area contributed by atoms with Crippen molar-refractivity contribution >= 4 is 29.3 Å². The normalized spacial score (nSPS) is 14.8. The van der Waals surface area contributed by atoms with Gasteiger partial charge < -0.3 is 15.6 Å². The zero-order valence-corrected chi connectivity index (χ0v) is 16.7. The van der Waals surface area contributed by atoms with Gasteiger partial charge in [-0.25, -0.2) is 0 Å². The molecule has 1 aliphatic rings. The third kappa shape index (κ3) is 4.68. The number of anilines is 1. The van der Waals surface area contributed by atoms with E-state index in [1.807, 2.05) is 39.0 Å². The smallest absolute Gasteiger partial charge is 0.237 e. The summed E-state index contributed by atoms with van der Waals surface area (Å²) in [6, 6.07) is 6.30. The third-order valence-corrected chi connectivity index (χ3v) is 5.68. The Balaban J connectivity index is 1.71. The van der Waals surface area contributed by atoms with Gasteiger partial charge in [0.25, 0.3) is 0 Å². The van der Waals surface area contributed by atoms with Crippen molar-refractivity contribution in [3.8, 4) is 0 Å². The number of para-hydroxylation sites is 1. The Kier molecular flexibility index (Phi) is 5.84. The summed E-state index contributed by atoms with van der Waals surface area (Å²) in [6.45, 7) is 5.83. The van der Waals surface area contributed by atoms with Crippen molar-refractivity contribution in [2.75, 3.05) is 5.32 Å². The average Bonchev–Trinajstić information content (AvgIpc) is 3.37. The first-order chi connectivity index (χ1) is 12.9. The van der Waals surface area contributed by atoms with Gasteiger partial charge in [0.1, 0.15) is 5.82 Å². The molecule has 1 aromatic carbocycles. The van der Waals surface area contributed by atoms with Gasteiger partial charge in [-0.15, -0.1) is 10.2 Å². The molecule has 0 radical (unpaired) electrons. The molecular weight excluding hydrogens is 362 g/mol. The minimum Gasteiger partial charge on any atom is -0.370 e. The van der Waals surface area contributed by atoms with Gasteiger partial charge in [-0.05, 0) is 44.7 Å². The molecule has 1 fully saturated rings. The third-order valence-electron chi connectivity index (χ3n) is 4.62. The van der Waals surface area contributed by atoms with Gasteiger partial charge in [0.05, 0.1) is 5.25 Å². The van der Waals surface area contributed by atoms with Crippen LogP contribution in [0, 0.1) is 13.8 Å². The Morgan fingerprint density at radius 1 is 1.30 bits per heavy atom. The number of aromatic nitrogens is 3. The number of benzene rings is 1. The van der Waals surface area contributed by atoms with E-state index < -0.39 is 0 Å². The van der Waals surface area contributed by atoms with Gasteiger partial charge in [0, 0.05) is 24.6 Å². The van der Waals surface area contributed by atoms with Crippen molar-refractivity contribution in [3.05, 3.63) is 35.2 Å². The van der Waals surface area contributed by atoms with Crippen LogP contribution < -0.4 is 11.1 Å². The summed E-state index contributed by atoms with van der Waals surface area (Å²) in [5, 5.41) is 11.9. The minimum absolute atomic E-state index is 0.0681. The highest BCUT2D eigenvalue weighted by Gasteiger charge is 2.31. The fourth-order valence-corrected chi connectivity index (χ4v) is 3.88. The Labute approximate surface area is 163 Å². The SMILES string of the molecule is Cc1cccc(C)c1NC(=O)C(C)Sc1nnc(CCC(N)=O)n1C1CC1. The summed E-state index contributed by atoms with van der Waals surface area (Å²) in [5.41, 5.74) is 8.19. The maximum absolute atomic E-state index is 12.7. The number of aryl methyl sites for hydroxylation is 3.